The summed E-state index contributed by atoms with van der Waals surface area (Å²) >= 11 is 0. The van der Waals surface area contributed by atoms with Crippen LogP contribution in [0, 0.1) is 6.92 Å². The second kappa shape index (κ2) is 7.58. The average Bonchev–Trinajstić information content (AvgIpc) is 3.24. The van der Waals surface area contributed by atoms with Crippen molar-refractivity contribution in [3.05, 3.63) is 54.1 Å². The van der Waals surface area contributed by atoms with Gasteiger partial charge < -0.3 is 15.4 Å². The first-order valence-corrected chi connectivity index (χ1v) is 9.74. The molecule has 150 valence electrons. The summed E-state index contributed by atoms with van der Waals surface area (Å²) in [6.07, 6.45) is 3.09. The van der Waals surface area contributed by atoms with Crippen LogP contribution in [0.1, 0.15) is 31.2 Å². The fourth-order valence-corrected chi connectivity index (χ4v) is 3.90. The summed E-state index contributed by atoms with van der Waals surface area (Å²) in [7, 11) is 0. The number of hydrogen-bond donors (Lipinski definition) is 2. The van der Waals surface area contributed by atoms with Gasteiger partial charge in [0.1, 0.15) is 23.6 Å². The number of anilines is 1. The van der Waals surface area contributed by atoms with Crippen LogP contribution in [0.2, 0.25) is 0 Å². The monoisotopic (exact) mass is 393 g/mol. The Morgan fingerprint density at radius 2 is 1.83 bits per heavy atom. The Morgan fingerprint density at radius 1 is 1.10 bits per heavy atom. The lowest BCUT2D eigenvalue weighted by Crippen LogP contribution is -2.44. The summed E-state index contributed by atoms with van der Waals surface area (Å²) < 4.78 is 5.79. The minimum absolute atomic E-state index is 0.294. The largest absolute Gasteiger partial charge is 0.457 e. The van der Waals surface area contributed by atoms with E-state index in [2.05, 4.69) is 10.6 Å². The van der Waals surface area contributed by atoms with E-state index >= 15 is 0 Å². The number of benzene rings is 2. The summed E-state index contributed by atoms with van der Waals surface area (Å²) in [6, 6.07) is 14.2. The molecule has 29 heavy (non-hydrogen) atoms. The summed E-state index contributed by atoms with van der Waals surface area (Å²) in [5.41, 5.74) is 0.868. The number of nitrogens with one attached hydrogen (secondary N) is 2. The zero-order chi connectivity index (χ0) is 20.4. The van der Waals surface area contributed by atoms with Crippen molar-refractivity contribution in [3.63, 3.8) is 0 Å². The first-order valence-electron chi connectivity index (χ1n) is 9.74. The quantitative estimate of drug-likeness (QED) is 0.760. The zero-order valence-electron chi connectivity index (χ0n) is 16.2. The van der Waals surface area contributed by atoms with E-state index in [4.69, 9.17) is 4.74 Å². The Labute approximate surface area is 169 Å². The molecule has 7 heteroatoms. The molecule has 0 unspecified atom stereocenters. The van der Waals surface area contributed by atoms with Gasteiger partial charge in [-0.25, -0.2) is 4.79 Å². The van der Waals surface area contributed by atoms with Crippen LogP contribution < -0.4 is 15.4 Å². The van der Waals surface area contributed by atoms with E-state index < -0.39 is 17.5 Å². The fraction of sp³-hybridized carbons (Fsp3) is 0.318. The van der Waals surface area contributed by atoms with Crippen LogP contribution in [0.4, 0.5) is 10.5 Å². The van der Waals surface area contributed by atoms with E-state index in [1.807, 2.05) is 31.2 Å². The number of ether oxygens (including phenoxy) is 1. The zero-order valence-corrected chi connectivity index (χ0v) is 16.2. The summed E-state index contributed by atoms with van der Waals surface area (Å²) in [4.78, 5) is 38.2. The van der Waals surface area contributed by atoms with Gasteiger partial charge in [-0.3, -0.25) is 14.5 Å². The number of amides is 4. The van der Waals surface area contributed by atoms with Crippen molar-refractivity contribution in [2.24, 2.45) is 0 Å². The van der Waals surface area contributed by atoms with Gasteiger partial charge in [0.2, 0.25) is 5.91 Å². The van der Waals surface area contributed by atoms with Crippen molar-refractivity contribution in [1.29, 1.82) is 0 Å². The van der Waals surface area contributed by atoms with Gasteiger partial charge in [0.15, 0.2) is 0 Å². The molecule has 0 radical (unpaired) electrons. The molecule has 4 amide bonds. The number of hydrogen-bond acceptors (Lipinski definition) is 4. The number of nitrogens with zero attached hydrogens (tertiary/aromatic N) is 1. The van der Waals surface area contributed by atoms with Crippen LogP contribution in [0.15, 0.2) is 48.5 Å². The molecule has 1 saturated carbocycles. The Morgan fingerprint density at radius 3 is 2.52 bits per heavy atom. The van der Waals surface area contributed by atoms with Crippen molar-refractivity contribution in [2.45, 2.75) is 38.1 Å². The molecule has 2 aromatic rings. The fourth-order valence-electron chi connectivity index (χ4n) is 3.90. The van der Waals surface area contributed by atoms with Crippen molar-refractivity contribution in [3.8, 4) is 11.5 Å². The first-order chi connectivity index (χ1) is 13.9. The number of carbonyl (C=O) groups excluding carboxylic acids is 3. The lowest BCUT2D eigenvalue weighted by Gasteiger charge is -2.19. The second-order valence-electron chi connectivity index (χ2n) is 7.60. The van der Waals surface area contributed by atoms with Crippen LogP contribution in [0.25, 0.3) is 0 Å². The maximum absolute atomic E-state index is 12.6. The van der Waals surface area contributed by atoms with E-state index in [0.717, 1.165) is 29.1 Å². The highest BCUT2D eigenvalue weighted by Gasteiger charge is 2.52. The lowest BCUT2D eigenvalue weighted by molar-refractivity contribution is -0.133. The smallest absolute Gasteiger partial charge is 0.325 e. The number of carbonyl (C=O) groups is 3. The number of imide groups is 1. The van der Waals surface area contributed by atoms with Crippen molar-refractivity contribution in [2.75, 3.05) is 11.9 Å². The topological polar surface area (TPSA) is 87.7 Å². The molecular formula is C22H23N3O4. The maximum atomic E-state index is 12.6. The minimum atomic E-state index is -0.799. The molecule has 7 nitrogen and oxygen atoms in total. The van der Waals surface area contributed by atoms with Crippen LogP contribution in [-0.4, -0.2) is 34.8 Å². The molecule has 2 N–H and O–H groups in total. The lowest BCUT2D eigenvalue weighted by atomic mass is 9.98. The van der Waals surface area contributed by atoms with Crippen LogP contribution in [0.5, 0.6) is 11.5 Å². The molecule has 1 spiro atoms. The molecule has 0 bridgehead atoms. The predicted molar refractivity (Wildman–Crippen MR) is 108 cm³/mol. The van der Waals surface area contributed by atoms with Gasteiger partial charge in [0, 0.05) is 5.69 Å². The molecule has 1 aliphatic heterocycles. The third-order valence-electron chi connectivity index (χ3n) is 5.37. The molecule has 0 atom stereocenters. The molecular weight excluding hydrogens is 370 g/mol. The van der Waals surface area contributed by atoms with Gasteiger partial charge in [-0.2, -0.15) is 0 Å². The molecule has 2 aliphatic rings. The normalized spacial score (nSPS) is 17.5. The van der Waals surface area contributed by atoms with Crippen molar-refractivity contribution < 1.29 is 19.1 Å². The van der Waals surface area contributed by atoms with Gasteiger partial charge in [-0.1, -0.05) is 25.0 Å². The Bertz CT molecular complexity index is 949. The molecule has 1 heterocycles. The standard InChI is InChI=1S/C22H23N3O4/c1-15-5-4-6-18(13-15)29-17-9-7-16(8-10-17)23-19(26)14-25-20(27)22(24-21(25)28)11-2-3-12-22/h4-10,13H,2-3,11-12,14H2,1H3,(H,23,26)(H,24,28). The highest BCUT2D eigenvalue weighted by molar-refractivity contribution is 6.10. The highest BCUT2D eigenvalue weighted by Crippen LogP contribution is 2.35. The number of aryl methyl sites for hydroxylation is 1. The van der Waals surface area contributed by atoms with Gasteiger partial charge in [-0.15, -0.1) is 0 Å². The molecule has 1 aliphatic carbocycles. The predicted octanol–water partition coefficient (Wildman–Crippen LogP) is 3.59. The van der Waals surface area contributed by atoms with E-state index in [0.29, 0.717) is 24.3 Å². The highest BCUT2D eigenvalue weighted by atomic mass is 16.5. The number of rotatable bonds is 5. The molecule has 1 saturated heterocycles. The van der Waals surface area contributed by atoms with Gasteiger partial charge >= 0.3 is 6.03 Å². The molecule has 2 aromatic carbocycles. The van der Waals surface area contributed by atoms with Gasteiger partial charge in [-0.05, 0) is 61.7 Å². The molecule has 2 fully saturated rings. The van der Waals surface area contributed by atoms with Crippen molar-refractivity contribution in [1.82, 2.24) is 10.2 Å². The van der Waals surface area contributed by atoms with Gasteiger partial charge in [0.25, 0.3) is 5.91 Å². The maximum Gasteiger partial charge on any atom is 0.325 e. The Kier molecular flexibility index (Phi) is 4.96. The summed E-state index contributed by atoms with van der Waals surface area (Å²) in [5.74, 6) is 0.667. The molecule has 0 aromatic heterocycles. The first kappa shape index (κ1) is 19.0. The minimum Gasteiger partial charge on any atom is -0.457 e. The van der Waals surface area contributed by atoms with Crippen molar-refractivity contribution >= 4 is 23.5 Å². The average molecular weight is 393 g/mol. The van der Waals surface area contributed by atoms with Gasteiger partial charge in [0.05, 0.1) is 0 Å². The SMILES string of the molecule is Cc1cccc(Oc2ccc(NC(=O)CN3C(=O)NC4(CCCC4)C3=O)cc2)c1. The van der Waals surface area contributed by atoms with Crippen LogP contribution in [0.3, 0.4) is 0 Å². The van der Waals surface area contributed by atoms with E-state index in [1.165, 1.54) is 0 Å². The Hall–Kier alpha value is -3.35. The number of urea groups is 1. The Balaban J connectivity index is 1.35. The molecule has 4 rings (SSSR count). The van der Waals surface area contributed by atoms with Crippen LogP contribution in [-0.2, 0) is 9.59 Å². The van der Waals surface area contributed by atoms with E-state index in [9.17, 15) is 14.4 Å². The summed E-state index contributed by atoms with van der Waals surface area (Å²) in [5, 5.41) is 5.49. The van der Waals surface area contributed by atoms with Crippen LogP contribution >= 0.6 is 0 Å². The third kappa shape index (κ3) is 3.94. The third-order valence-corrected chi connectivity index (χ3v) is 5.37. The van der Waals surface area contributed by atoms with E-state index in [-0.39, 0.29) is 12.5 Å². The van der Waals surface area contributed by atoms with E-state index in [1.54, 1.807) is 24.3 Å². The second-order valence-corrected chi connectivity index (χ2v) is 7.60. The summed E-state index contributed by atoms with van der Waals surface area (Å²) in [6.45, 7) is 1.69.